The van der Waals surface area contributed by atoms with Gasteiger partial charge < -0.3 is 5.11 Å². The minimum Gasteiger partial charge on any atom is -0.508 e. The lowest BCUT2D eigenvalue weighted by molar-refractivity contribution is 0.475. The lowest BCUT2D eigenvalue weighted by Crippen LogP contribution is -2.16. The first-order valence-electron chi connectivity index (χ1n) is 7.92. The average molecular weight is 310 g/mol. The third-order valence-electron chi connectivity index (χ3n) is 3.78. The molecule has 0 aromatic heterocycles. The fraction of sp³-hybridized carbons (Fsp3) is 0.400. The van der Waals surface area contributed by atoms with E-state index in [-0.39, 0.29) is 16.6 Å². The van der Waals surface area contributed by atoms with E-state index >= 15 is 0 Å². The van der Waals surface area contributed by atoms with Gasteiger partial charge in [-0.1, -0.05) is 47.6 Å². The first kappa shape index (κ1) is 17.2. The van der Waals surface area contributed by atoms with Crippen molar-refractivity contribution in [3.05, 3.63) is 53.6 Å². The van der Waals surface area contributed by atoms with Crippen molar-refractivity contribution in [1.82, 2.24) is 0 Å². The summed E-state index contributed by atoms with van der Waals surface area (Å²) in [4.78, 5) is 0. The van der Waals surface area contributed by atoms with Crippen LogP contribution in [0.1, 0.15) is 52.7 Å². The molecule has 122 valence electrons. The van der Waals surface area contributed by atoms with Crippen LogP contribution in [0.25, 0.3) is 0 Å². The smallest absolute Gasteiger partial charge is 0.115 e. The summed E-state index contributed by atoms with van der Waals surface area (Å²) in [5, 5.41) is 18.0. The molecule has 0 aliphatic heterocycles. The van der Waals surface area contributed by atoms with Gasteiger partial charge in [0.25, 0.3) is 0 Å². The molecular weight excluding hydrogens is 284 g/mol. The minimum atomic E-state index is 0.0596. The minimum absolute atomic E-state index is 0.0596. The zero-order valence-electron chi connectivity index (χ0n) is 14.9. The van der Waals surface area contributed by atoms with Gasteiger partial charge in [0.15, 0.2) is 0 Å². The van der Waals surface area contributed by atoms with Crippen LogP contribution in [0.4, 0.5) is 11.4 Å². The number of rotatable bonds is 2. The number of azo groups is 1. The molecule has 3 nitrogen and oxygen atoms in total. The van der Waals surface area contributed by atoms with Gasteiger partial charge in [0.05, 0.1) is 11.4 Å². The lowest BCUT2D eigenvalue weighted by Gasteiger charge is -2.25. The Morgan fingerprint density at radius 2 is 1.09 bits per heavy atom. The highest BCUT2D eigenvalue weighted by Crippen LogP contribution is 2.33. The molecule has 0 unspecified atom stereocenters. The summed E-state index contributed by atoms with van der Waals surface area (Å²) in [6.07, 6.45) is 0. The predicted molar refractivity (Wildman–Crippen MR) is 96.1 cm³/mol. The van der Waals surface area contributed by atoms with Gasteiger partial charge in [-0.15, -0.1) is 0 Å². The normalized spacial score (nSPS) is 12.8. The molecule has 3 heteroatoms. The van der Waals surface area contributed by atoms with E-state index in [0.717, 1.165) is 11.4 Å². The molecule has 0 aliphatic rings. The molecule has 2 aromatic rings. The quantitative estimate of drug-likeness (QED) is 0.640. The summed E-state index contributed by atoms with van der Waals surface area (Å²) in [6.45, 7) is 13.2. The number of aromatic hydroxyl groups is 1. The van der Waals surface area contributed by atoms with Gasteiger partial charge in [-0.05, 0) is 58.4 Å². The Morgan fingerprint density at radius 1 is 0.652 bits per heavy atom. The maximum absolute atomic E-state index is 9.32. The second-order valence-electron chi connectivity index (χ2n) is 7.98. The summed E-state index contributed by atoms with van der Waals surface area (Å²) in [6, 6.07) is 13.2. The van der Waals surface area contributed by atoms with Gasteiger partial charge in [-0.2, -0.15) is 10.2 Å². The fourth-order valence-electron chi connectivity index (χ4n) is 2.17. The van der Waals surface area contributed by atoms with Gasteiger partial charge in [-0.3, -0.25) is 0 Å². The van der Waals surface area contributed by atoms with Crippen LogP contribution in [-0.4, -0.2) is 5.11 Å². The van der Waals surface area contributed by atoms with Crippen LogP contribution in [0.15, 0.2) is 52.7 Å². The third kappa shape index (κ3) is 4.65. The second-order valence-corrected chi connectivity index (χ2v) is 7.98. The van der Waals surface area contributed by atoms with Crippen LogP contribution in [0.2, 0.25) is 0 Å². The average Bonchev–Trinajstić information content (AvgIpc) is 2.44. The van der Waals surface area contributed by atoms with E-state index in [1.807, 2.05) is 0 Å². The number of phenolic OH excluding ortho intramolecular Hbond substituents is 1. The highest BCUT2D eigenvalue weighted by Gasteiger charge is 2.20. The number of hydrogen-bond acceptors (Lipinski definition) is 3. The first-order chi connectivity index (χ1) is 10.6. The van der Waals surface area contributed by atoms with Crippen molar-refractivity contribution >= 4 is 11.4 Å². The zero-order valence-corrected chi connectivity index (χ0v) is 14.9. The molecule has 0 amide bonds. The standard InChI is InChI=1S/C20H26N2O/c1-19(2,3)14-11-15(20(4,5)6)13-17(12-14)22-21-16-7-9-18(23)10-8-16/h7-13,23H,1-6H3. The Balaban J connectivity index is 2.43. The number of benzene rings is 2. The Morgan fingerprint density at radius 3 is 1.52 bits per heavy atom. The summed E-state index contributed by atoms with van der Waals surface area (Å²) in [7, 11) is 0. The Labute approximate surface area is 139 Å². The molecule has 0 heterocycles. The highest BCUT2D eigenvalue weighted by molar-refractivity contribution is 5.49. The molecule has 0 saturated carbocycles. The van der Waals surface area contributed by atoms with E-state index in [0.29, 0.717) is 0 Å². The van der Waals surface area contributed by atoms with Crippen molar-refractivity contribution < 1.29 is 5.11 Å². The maximum atomic E-state index is 9.32. The second kappa shape index (κ2) is 6.15. The topological polar surface area (TPSA) is 45.0 Å². The first-order valence-corrected chi connectivity index (χ1v) is 7.92. The molecule has 2 rings (SSSR count). The van der Waals surface area contributed by atoms with Gasteiger partial charge in [-0.25, -0.2) is 0 Å². The van der Waals surface area contributed by atoms with E-state index in [1.165, 1.54) is 11.1 Å². The molecule has 0 aliphatic carbocycles. The SMILES string of the molecule is CC(C)(C)c1cc(N=Nc2ccc(O)cc2)cc(C(C)(C)C)c1. The summed E-state index contributed by atoms with van der Waals surface area (Å²) in [5.41, 5.74) is 4.21. The largest absolute Gasteiger partial charge is 0.508 e. The van der Waals surface area contributed by atoms with Crippen molar-refractivity contribution in [3.8, 4) is 5.75 Å². The molecule has 23 heavy (non-hydrogen) atoms. The van der Waals surface area contributed by atoms with Crippen molar-refractivity contribution in [1.29, 1.82) is 0 Å². The van der Waals surface area contributed by atoms with Gasteiger partial charge in [0.1, 0.15) is 5.75 Å². The van der Waals surface area contributed by atoms with E-state index < -0.39 is 0 Å². The Bertz CT molecular complexity index is 670. The van der Waals surface area contributed by atoms with Crippen LogP contribution in [0, 0.1) is 0 Å². The van der Waals surface area contributed by atoms with Crippen LogP contribution in [0.3, 0.4) is 0 Å². The molecule has 2 aromatic carbocycles. The van der Waals surface area contributed by atoms with Crippen molar-refractivity contribution in [2.45, 2.75) is 52.4 Å². The van der Waals surface area contributed by atoms with E-state index in [4.69, 9.17) is 0 Å². The number of nitrogens with zero attached hydrogens (tertiary/aromatic N) is 2. The number of hydrogen-bond donors (Lipinski definition) is 1. The fourth-order valence-corrected chi connectivity index (χ4v) is 2.17. The summed E-state index contributed by atoms with van der Waals surface area (Å²) in [5.74, 6) is 0.230. The monoisotopic (exact) mass is 310 g/mol. The van der Waals surface area contributed by atoms with E-state index in [9.17, 15) is 5.11 Å². The summed E-state index contributed by atoms with van der Waals surface area (Å²) >= 11 is 0. The van der Waals surface area contributed by atoms with Crippen molar-refractivity contribution in [2.24, 2.45) is 10.2 Å². The molecular formula is C20H26N2O. The van der Waals surface area contributed by atoms with Gasteiger partial charge in [0, 0.05) is 0 Å². The van der Waals surface area contributed by atoms with E-state index in [1.54, 1.807) is 24.3 Å². The molecule has 0 atom stereocenters. The molecule has 0 radical (unpaired) electrons. The molecule has 1 N–H and O–H groups in total. The van der Waals surface area contributed by atoms with Crippen LogP contribution >= 0.6 is 0 Å². The molecule has 0 fully saturated rings. The molecule has 0 spiro atoms. The van der Waals surface area contributed by atoms with Crippen molar-refractivity contribution in [3.63, 3.8) is 0 Å². The van der Waals surface area contributed by atoms with Crippen LogP contribution in [-0.2, 0) is 10.8 Å². The van der Waals surface area contributed by atoms with Crippen LogP contribution < -0.4 is 0 Å². The Hall–Kier alpha value is -2.16. The lowest BCUT2D eigenvalue weighted by atomic mass is 9.80. The number of phenols is 1. The zero-order chi connectivity index (χ0) is 17.3. The molecule has 0 saturated heterocycles. The van der Waals surface area contributed by atoms with Crippen molar-refractivity contribution in [2.75, 3.05) is 0 Å². The predicted octanol–water partition coefficient (Wildman–Crippen LogP) is 6.40. The Kier molecular flexibility index (Phi) is 4.60. The molecule has 0 bridgehead atoms. The maximum Gasteiger partial charge on any atom is 0.115 e. The van der Waals surface area contributed by atoms with Gasteiger partial charge in [0.2, 0.25) is 0 Å². The highest BCUT2D eigenvalue weighted by atomic mass is 16.3. The van der Waals surface area contributed by atoms with Crippen LogP contribution in [0.5, 0.6) is 5.75 Å². The van der Waals surface area contributed by atoms with Gasteiger partial charge >= 0.3 is 0 Å². The summed E-state index contributed by atoms with van der Waals surface area (Å²) < 4.78 is 0. The van der Waals surface area contributed by atoms with E-state index in [2.05, 4.69) is 70.0 Å². The third-order valence-corrected chi connectivity index (χ3v) is 3.78.